The van der Waals surface area contributed by atoms with Crippen molar-refractivity contribution in [1.82, 2.24) is 9.97 Å². The smallest absolute Gasteiger partial charge is 0.354 e. The lowest BCUT2D eigenvalue weighted by atomic mass is 10.2. The molecule has 0 radical (unpaired) electrons. The van der Waals surface area contributed by atoms with Gasteiger partial charge in [0.2, 0.25) is 5.89 Å². The number of carbonyl (C=O) groups is 1. The summed E-state index contributed by atoms with van der Waals surface area (Å²) < 4.78 is 10.9. The molecule has 0 aliphatic heterocycles. The highest BCUT2D eigenvalue weighted by atomic mass is 16.4. The topological polar surface area (TPSA) is 89.4 Å². The SMILES string of the molecule is CCc1occc1-c1nc2nc(C(=O)O)ccc2o1. The van der Waals surface area contributed by atoms with E-state index in [1.54, 1.807) is 18.4 Å². The lowest BCUT2D eigenvalue weighted by Gasteiger charge is -1.92. The molecule has 1 N–H and O–H groups in total. The minimum atomic E-state index is -1.09. The molecular weight excluding hydrogens is 248 g/mol. The molecule has 3 aromatic heterocycles. The maximum absolute atomic E-state index is 10.8. The van der Waals surface area contributed by atoms with Crippen LogP contribution in [0.1, 0.15) is 23.2 Å². The van der Waals surface area contributed by atoms with Crippen LogP contribution >= 0.6 is 0 Å². The van der Waals surface area contributed by atoms with Gasteiger partial charge >= 0.3 is 5.97 Å². The Morgan fingerprint density at radius 1 is 1.32 bits per heavy atom. The molecule has 0 fully saturated rings. The van der Waals surface area contributed by atoms with E-state index in [0.717, 1.165) is 17.7 Å². The van der Waals surface area contributed by atoms with E-state index in [4.69, 9.17) is 13.9 Å². The van der Waals surface area contributed by atoms with Gasteiger partial charge in [-0.2, -0.15) is 4.98 Å². The molecular formula is C13H10N2O4. The lowest BCUT2D eigenvalue weighted by molar-refractivity contribution is 0.0691. The molecule has 6 heteroatoms. The third-order valence-electron chi connectivity index (χ3n) is 2.77. The number of aryl methyl sites for hydroxylation is 1. The van der Waals surface area contributed by atoms with E-state index in [1.165, 1.54) is 6.07 Å². The number of carboxylic acid groups (broad SMARTS) is 1. The van der Waals surface area contributed by atoms with E-state index in [0.29, 0.717) is 11.5 Å². The number of oxazole rings is 1. The number of carboxylic acids is 1. The van der Waals surface area contributed by atoms with Crippen LogP contribution < -0.4 is 0 Å². The van der Waals surface area contributed by atoms with E-state index < -0.39 is 5.97 Å². The first kappa shape index (κ1) is 11.5. The van der Waals surface area contributed by atoms with Crippen molar-refractivity contribution in [2.24, 2.45) is 0 Å². The highest BCUT2D eigenvalue weighted by molar-refractivity contribution is 5.88. The molecule has 0 saturated heterocycles. The van der Waals surface area contributed by atoms with Crippen LogP contribution in [-0.2, 0) is 6.42 Å². The van der Waals surface area contributed by atoms with Gasteiger partial charge in [0.1, 0.15) is 5.76 Å². The number of hydrogen-bond donors (Lipinski definition) is 1. The summed E-state index contributed by atoms with van der Waals surface area (Å²) in [7, 11) is 0. The van der Waals surface area contributed by atoms with Gasteiger partial charge in [0.05, 0.1) is 11.8 Å². The van der Waals surface area contributed by atoms with Crippen molar-refractivity contribution in [1.29, 1.82) is 0 Å². The molecule has 3 aromatic rings. The Morgan fingerprint density at radius 3 is 2.89 bits per heavy atom. The van der Waals surface area contributed by atoms with E-state index >= 15 is 0 Å². The molecule has 0 amide bonds. The first-order valence-corrected chi connectivity index (χ1v) is 5.76. The van der Waals surface area contributed by atoms with Crippen LogP contribution in [-0.4, -0.2) is 21.0 Å². The van der Waals surface area contributed by atoms with Crippen molar-refractivity contribution < 1.29 is 18.7 Å². The average Bonchev–Trinajstić information content (AvgIpc) is 3.03. The third-order valence-corrected chi connectivity index (χ3v) is 2.77. The summed E-state index contributed by atoms with van der Waals surface area (Å²) in [4.78, 5) is 19.0. The molecule has 96 valence electrons. The second kappa shape index (κ2) is 4.24. The zero-order valence-electron chi connectivity index (χ0n) is 10.1. The van der Waals surface area contributed by atoms with Gasteiger partial charge in [-0.3, -0.25) is 0 Å². The largest absolute Gasteiger partial charge is 0.477 e. The average molecular weight is 258 g/mol. The number of hydrogen-bond acceptors (Lipinski definition) is 5. The molecule has 0 atom stereocenters. The minimum absolute atomic E-state index is 0.0599. The first-order valence-electron chi connectivity index (χ1n) is 5.76. The first-order chi connectivity index (χ1) is 9.19. The summed E-state index contributed by atoms with van der Waals surface area (Å²) in [5.74, 6) is 0.0599. The number of aromatic nitrogens is 2. The predicted molar refractivity (Wildman–Crippen MR) is 65.8 cm³/mol. The summed E-state index contributed by atoms with van der Waals surface area (Å²) in [6.07, 6.45) is 2.29. The van der Waals surface area contributed by atoms with Crippen LogP contribution in [0.5, 0.6) is 0 Å². The van der Waals surface area contributed by atoms with Crippen molar-refractivity contribution in [3.8, 4) is 11.5 Å². The highest BCUT2D eigenvalue weighted by Crippen LogP contribution is 2.27. The molecule has 3 rings (SSSR count). The molecule has 0 spiro atoms. The molecule has 0 saturated carbocycles. The minimum Gasteiger partial charge on any atom is -0.477 e. The zero-order chi connectivity index (χ0) is 13.4. The van der Waals surface area contributed by atoms with E-state index in [-0.39, 0.29) is 11.3 Å². The Hall–Kier alpha value is -2.63. The van der Waals surface area contributed by atoms with Crippen LogP contribution in [0, 0.1) is 0 Å². The Bertz CT molecular complexity index is 757. The van der Waals surface area contributed by atoms with Gasteiger partial charge < -0.3 is 13.9 Å². The summed E-state index contributed by atoms with van der Waals surface area (Å²) >= 11 is 0. The maximum Gasteiger partial charge on any atom is 0.354 e. The predicted octanol–water partition coefficient (Wildman–Crippen LogP) is 2.74. The Morgan fingerprint density at radius 2 is 2.16 bits per heavy atom. The Kier molecular flexibility index (Phi) is 2.56. The molecule has 3 heterocycles. The molecule has 0 aliphatic rings. The fourth-order valence-electron chi connectivity index (χ4n) is 1.86. The van der Waals surface area contributed by atoms with E-state index in [9.17, 15) is 4.79 Å². The van der Waals surface area contributed by atoms with Crippen molar-refractivity contribution in [2.75, 3.05) is 0 Å². The van der Waals surface area contributed by atoms with E-state index in [1.807, 2.05) is 6.92 Å². The zero-order valence-corrected chi connectivity index (χ0v) is 10.1. The Labute approximate surface area is 107 Å². The lowest BCUT2D eigenvalue weighted by Crippen LogP contribution is -1.99. The van der Waals surface area contributed by atoms with Gasteiger partial charge in [-0.05, 0) is 18.2 Å². The normalized spacial score (nSPS) is 11.0. The van der Waals surface area contributed by atoms with Crippen molar-refractivity contribution in [3.63, 3.8) is 0 Å². The molecule has 6 nitrogen and oxygen atoms in total. The van der Waals surface area contributed by atoms with Crippen molar-refractivity contribution in [3.05, 3.63) is 35.9 Å². The maximum atomic E-state index is 10.8. The quantitative estimate of drug-likeness (QED) is 0.776. The molecule has 0 unspecified atom stereocenters. The van der Waals surface area contributed by atoms with Gasteiger partial charge in [0.25, 0.3) is 0 Å². The summed E-state index contributed by atoms with van der Waals surface area (Å²) in [6, 6.07) is 4.70. The Balaban J connectivity index is 2.14. The number of rotatable bonds is 3. The number of pyridine rings is 1. The highest BCUT2D eigenvalue weighted by Gasteiger charge is 2.16. The third kappa shape index (κ3) is 1.87. The molecule has 0 bridgehead atoms. The van der Waals surface area contributed by atoms with Gasteiger partial charge in [-0.15, -0.1) is 0 Å². The summed E-state index contributed by atoms with van der Waals surface area (Å²) in [5, 5.41) is 8.88. The van der Waals surface area contributed by atoms with Crippen LogP contribution in [0.4, 0.5) is 0 Å². The van der Waals surface area contributed by atoms with Gasteiger partial charge in [0.15, 0.2) is 16.9 Å². The number of fused-ring (bicyclic) bond motifs is 1. The summed E-state index contributed by atoms with van der Waals surface area (Å²) in [5.41, 5.74) is 1.43. The van der Waals surface area contributed by atoms with Crippen LogP contribution in [0.3, 0.4) is 0 Å². The van der Waals surface area contributed by atoms with Gasteiger partial charge in [0, 0.05) is 6.42 Å². The number of nitrogens with zero attached hydrogens (tertiary/aromatic N) is 2. The second-order valence-electron chi connectivity index (χ2n) is 3.95. The molecule has 0 aromatic carbocycles. The van der Waals surface area contributed by atoms with Gasteiger partial charge in [-0.25, -0.2) is 9.78 Å². The summed E-state index contributed by atoms with van der Waals surface area (Å²) in [6.45, 7) is 1.96. The van der Waals surface area contributed by atoms with E-state index in [2.05, 4.69) is 9.97 Å². The number of aromatic carboxylic acids is 1. The van der Waals surface area contributed by atoms with Crippen molar-refractivity contribution >= 4 is 17.2 Å². The van der Waals surface area contributed by atoms with Gasteiger partial charge in [-0.1, -0.05) is 6.92 Å². The fraction of sp³-hybridized carbons (Fsp3) is 0.154. The monoisotopic (exact) mass is 258 g/mol. The molecule has 19 heavy (non-hydrogen) atoms. The standard InChI is InChI=1S/C13H10N2O4/c1-2-9-7(5-6-18-9)12-15-11-10(19-12)4-3-8(14-11)13(16)17/h3-6H,2H2,1H3,(H,16,17). The fourth-order valence-corrected chi connectivity index (χ4v) is 1.86. The van der Waals surface area contributed by atoms with Crippen LogP contribution in [0.2, 0.25) is 0 Å². The van der Waals surface area contributed by atoms with Crippen LogP contribution in [0.25, 0.3) is 22.7 Å². The van der Waals surface area contributed by atoms with Crippen LogP contribution in [0.15, 0.2) is 33.3 Å². The number of furan rings is 1. The van der Waals surface area contributed by atoms with Crippen molar-refractivity contribution in [2.45, 2.75) is 13.3 Å². The second-order valence-corrected chi connectivity index (χ2v) is 3.95. The molecule has 0 aliphatic carbocycles.